The molecule has 1 nitrogen and oxygen atoms in total. The van der Waals surface area contributed by atoms with Gasteiger partial charge in [-0.1, -0.05) is 19.1 Å². The van der Waals surface area contributed by atoms with E-state index in [1.807, 2.05) is 6.92 Å². The van der Waals surface area contributed by atoms with E-state index < -0.39 is 6.36 Å². The standard InChI is InChI=1S/C10H11F3OS/c1-7(15)6-8-2-4-9(5-3-8)14-10(11,12)13/h2-5,7,15H,6H2,1H3/t7-/m0/s1. The molecule has 1 aromatic rings. The average molecular weight is 236 g/mol. The first-order chi connectivity index (χ1) is 6.87. The van der Waals surface area contributed by atoms with E-state index in [9.17, 15) is 13.2 Å². The molecule has 0 aliphatic rings. The molecule has 0 radical (unpaired) electrons. The number of alkyl halides is 3. The molecule has 15 heavy (non-hydrogen) atoms. The number of halogens is 3. The Kier molecular flexibility index (Phi) is 3.90. The molecule has 0 spiro atoms. The van der Waals surface area contributed by atoms with Gasteiger partial charge in [0.1, 0.15) is 5.75 Å². The Morgan fingerprint density at radius 3 is 2.20 bits per heavy atom. The Morgan fingerprint density at radius 2 is 1.80 bits per heavy atom. The summed E-state index contributed by atoms with van der Waals surface area (Å²) >= 11 is 4.19. The maximum atomic E-state index is 11.8. The predicted octanol–water partition coefficient (Wildman–Crippen LogP) is 3.45. The number of rotatable bonds is 3. The van der Waals surface area contributed by atoms with Gasteiger partial charge in [0.05, 0.1) is 0 Å². The molecule has 0 saturated carbocycles. The van der Waals surface area contributed by atoms with Crippen LogP contribution in [0.15, 0.2) is 24.3 Å². The van der Waals surface area contributed by atoms with Gasteiger partial charge in [0.25, 0.3) is 0 Å². The third-order valence-electron chi connectivity index (χ3n) is 1.69. The highest BCUT2D eigenvalue weighted by Crippen LogP contribution is 2.23. The lowest BCUT2D eigenvalue weighted by Crippen LogP contribution is -2.17. The third kappa shape index (κ3) is 4.97. The van der Waals surface area contributed by atoms with Gasteiger partial charge in [0, 0.05) is 5.25 Å². The van der Waals surface area contributed by atoms with Crippen LogP contribution in [0.1, 0.15) is 12.5 Å². The summed E-state index contributed by atoms with van der Waals surface area (Å²) in [7, 11) is 0. The molecule has 84 valence electrons. The molecule has 0 N–H and O–H groups in total. The minimum absolute atomic E-state index is 0.180. The molecule has 5 heteroatoms. The number of benzene rings is 1. The predicted molar refractivity (Wildman–Crippen MR) is 55.3 cm³/mol. The SMILES string of the molecule is C[C@H](S)Cc1ccc(OC(F)(F)F)cc1. The zero-order valence-corrected chi connectivity index (χ0v) is 8.98. The van der Waals surface area contributed by atoms with Crippen molar-refractivity contribution in [1.82, 2.24) is 0 Å². The van der Waals surface area contributed by atoms with Crippen molar-refractivity contribution in [3.05, 3.63) is 29.8 Å². The maximum Gasteiger partial charge on any atom is 0.573 e. The maximum absolute atomic E-state index is 11.8. The topological polar surface area (TPSA) is 9.23 Å². The Balaban J connectivity index is 2.64. The number of ether oxygens (including phenoxy) is 1. The lowest BCUT2D eigenvalue weighted by atomic mass is 10.1. The molecule has 1 atom stereocenters. The highest BCUT2D eigenvalue weighted by molar-refractivity contribution is 7.80. The molecule has 1 aromatic carbocycles. The average Bonchev–Trinajstić information content (AvgIpc) is 2.05. The number of thiol groups is 1. The van der Waals surface area contributed by atoms with E-state index in [4.69, 9.17) is 0 Å². The molecule has 0 aromatic heterocycles. The summed E-state index contributed by atoms with van der Waals surface area (Å²) in [5, 5.41) is 0.180. The monoisotopic (exact) mass is 236 g/mol. The van der Waals surface area contributed by atoms with E-state index >= 15 is 0 Å². The molecular weight excluding hydrogens is 225 g/mol. The van der Waals surface area contributed by atoms with Gasteiger partial charge in [-0.25, -0.2) is 0 Å². The second kappa shape index (κ2) is 4.79. The molecule has 0 bridgehead atoms. The van der Waals surface area contributed by atoms with Crippen LogP contribution in [-0.4, -0.2) is 11.6 Å². The molecule has 1 rings (SSSR count). The van der Waals surface area contributed by atoms with E-state index in [-0.39, 0.29) is 11.0 Å². The fourth-order valence-corrected chi connectivity index (χ4v) is 1.38. The Bertz CT molecular complexity index is 305. The van der Waals surface area contributed by atoms with E-state index in [2.05, 4.69) is 17.4 Å². The molecule has 0 amide bonds. The lowest BCUT2D eigenvalue weighted by Gasteiger charge is -2.09. The molecule has 0 heterocycles. The van der Waals surface area contributed by atoms with Gasteiger partial charge in [-0.05, 0) is 24.1 Å². The van der Waals surface area contributed by atoms with Crippen molar-refractivity contribution in [1.29, 1.82) is 0 Å². The first-order valence-corrected chi connectivity index (χ1v) is 4.91. The van der Waals surface area contributed by atoms with Gasteiger partial charge in [-0.2, -0.15) is 12.6 Å². The van der Waals surface area contributed by atoms with Crippen LogP contribution in [0.3, 0.4) is 0 Å². The Hall–Kier alpha value is -0.840. The van der Waals surface area contributed by atoms with Crippen molar-refractivity contribution < 1.29 is 17.9 Å². The van der Waals surface area contributed by atoms with Gasteiger partial charge in [0.2, 0.25) is 0 Å². The van der Waals surface area contributed by atoms with Crippen molar-refractivity contribution in [3.8, 4) is 5.75 Å². The normalized spacial score (nSPS) is 13.7. The van der Waals surface area contributed by atoms with Crippen LogP contribution in [0.25, 0.3) is 0 Å². The van der Waals surface area contributed by atoms with Crippen LogP contribution in [0.4, 0.5) is 13.2 Å². The van der Waals surface area contributed by atoms with Crippen molar-refractivity contribution in [2.45, 2.75) is 25.0 Å². The zero-order valence-electron chi connectivity index (χ0n) is 8.08. The minimum Gasteiger partial charge on any atom is -0.406 e. The van der Waals surface area contributed by atoms with Crippen LogP contribution in [0, 0.1) is 0 Å². The van der Waals surface area contributed by atoms with Crippen molar-refractivity contribution in [3.63, 3.8) is 0 Å². The van der Waals surface area contributed by atoms with Crippen LogP contribution < -0.4 is 4.74 Å². The lowest BCUT2D eigenvalue weighted by molar-refractivity contribution is -0.274. The van der Waals surface area contributed by atoms with Crippen LogP contribution >= 0.6 is 12.6 Å². The number of hydrogen-bond donors (Lipinski definition) is 1. The first kappa shape index (κ1) is 12.2. The molecule has 0 saturated heterocycles. The van der Waals surface area contributed by atoms with Crippen LogP contribution in [0.2, 0.25) is 0 Å². The summed E-state index contributed by atoms with van der Waals surface area (Å²) in [5.41, 5.74) is 0.937. The van der Waals surface area contributed by atoms with Gasteiger partial charge in [-0.15, -0.1) is 13.2 Å². The van der Waals surface area contributed by atoms with E-state index in [1.54, 1.807) is 12.1 Å². The van der Waals surface area contributed by atoms with E-state index in [0.29, 0.717) is 0 Å². The van der Waals surface area contributed by atoms with Gasteiger partial charge in [0.15, 0.2) is 0 Å². The minimum atomic E-state index is -4.63. The largest absolute Gasteiger partial charge is 0.573 e. The highest BCUT2D eigenvalue weighted by atomic mass is 32.1. The second-order valence-electron chi connectivity index (χ2n) is 3.24. The summed E-state index contributed by atoms with van der Waals surface area (Å²) in [4.78, 5) is 0. The quantitative estimate of drug-likeness (QED) is 0.791. The summed E-state index contributed by atoms with van der Waals surface area (Å²) in [6.07, 6.45) is -3.91. The third-order valence-corrected chi connectivity index (χ3v) is 1.87. The summed E-state index contributed by atoms with van der Waals surface area (Å²) in [6.45, 7) is 1.92. The van der Waals surface area contributed by atoms with Crippen LogP contribution in [0.5, 0.6) is 5.75 Å². The first-order valence-electron chi connectivity index (χ1n) is 4.39. The molecule has 0 unspecified atom stereocenters. The Labute approximate surface area is 91.7 Å². The summed E-state index contributed by atoms with van der Waals surface area (Å²) < 4.78 is 39.2. The van der Waals surface area contributed by atoms with Crippen LogP contribution in [-0.2, 0) is 6.42 Å². The smallest absolute Gasteiger partial charge is 0.406 e. The molecular formula is C10H11F3OS. The van der Waals surface area contributed by atoms with Gasteiger partial charge < -0.3 is 4.74 Å². The van der Waals surface area contributed by atoms with Gasteiger partial charge in [-0.3, -0.25) is 0 Å². The highest BCUT2D eigenvalue weighted by Gasteiger charge is 2.30. The summed E-state index contributed by atoms with van der Waals surface area (Å²) in [6, 6.07) is 5.82. The summed E-state index contributed by atoms with van der Waals surface area (Å²) in [5.74, 6) is -0.196. The fraction of sp³-hybridized carbons (Fsp3) is 0.400. The molecule has 0 fully saturated rings. The van der Waals surface area contributed by atoms with E-state index in [1.165, 1.54) is 12.1 Å². The fourth-order valence-electron chi connectivity index (χ4n) is 1.17. The van der Waals surface area contributed by atoms with Crippen molar-refractivity contribution in [2.75, 3.05) is 0 Å². The van der Waals surface area contributed by atoms with E-state index in [0.717, 1.165) is 12.0 Å². The second-order valence-corrected chi connectivity index (χ2v) is 4.13. The molecule has 0 aliphatic heterocycles. The number of hydrogen-bond acceptors (Lipinski definition) is 2. The zero-order chi connectivity index (χ0) is 11.5. The van der Waals surface area contributed by atoms with Crippen molar-refractivity contribution >= 4 is 12.6 Å². The van der Waals surface area contributed by atoms with Gasteiger partial charge >= 0.3 is 6.36 Å². The molecule has 0 aliphatic carbocycles. The Morgan fingerprint density at radius 1 is 1.27 bits per heavy atom. The van der Waals surface area contributed by atoms with Crippen molar-refractivity contribution in [2.24, 2.45) is 0 Å².